The average Bonchev–Trinajstić information content (AvgIpc) is 4.04. The van der Waals surface area contributed by atoms with Gasteiger partial charge >= 0.3 is 6.09 Å². The van der Waals surface area contributed by atoms with Crippen molar-refractivity contribution in [1.82, 2.24) is 20.2 Å². The van der Waals surface area contributed by atoms with Gasteiger partial charge in [-0.05, 0) is 80.2 Å². The fraction of sp³-hybridized carbons (Fsp3) is 0.641. The second-order valence-corrected chi connectivity index (χ2v) is 18.6. The molecular formula is C39H50N5O9S-. The first-order valence-electron chi connectivity index (χ1n) is 19.1. The Morgan fingerprint density at radius 1 is 1.13 bits per heavy atom. The number of fused-ring (bicyclic) bond motifs is 5. The molecule has 14 nitrogen and oxygen atoms in total. The largest absolute Gasteiger partial charge is 0.861 e. The molecule has 0 unspecified atom stereocenters. The van der Waals surface area contributed by atoms with Crippen molar-refractivity contribution in [2.45, 2.75) is 121 Å². The Bertz CT molecular complexity index is 1980. The van der Waals surface area contributed by atoms with Gasteiger partial charge in [0.05, 0.1) is 36.0 Å². The zero-order chi connectivity index (χ0) is 38.6. The summed E-state index contributed by atoms with van der Waals surface area (Å²) in [5, 5.41) is 15.7. The van der Waals surface area contributed by atoms with Crippen LogP contribution in [0.4, 0.5) is 4.79 Å². The third-order valence-corrected chi connectivity index (χ3v) is 13.3. The number of aryl methyl sites for hydroxylation is 1. The highest BCUT2D eigenvalue weighted by Gasteiger charge is 2.57. The van der Waals surface area contributed by atoms with Gasteiger partial charge in [0, 0.05) is 24.3 Å². The van der Waals surface area contributed by atoms with E-state index in [0.717, 1.165) is 32.1 Å². The summed E-state index contributed by atoms with van der Waals surface area (Å²) in [5.74, 6) is -1.04. The number of nitrogens with zero attached hydrogens (tertiary/aromatic N) is 4. The van der Waals surface area contributed by atoms with Crippen LogP contribution in [0.25, 0.3) is 11.0 Å². The van der Waals surface area contributed by atoms with Gasteiger partial charge in [0.25, 0.3) is 10.0 Å². The standard InChI is InChI=1S/C39H51N5O9S/c1-6-23-19-39(23,36(47)43-54(49,50)26-13-14-26)20-31(45)30-18-25-21-44(30)35(46)33(38(2,3)4)42-37(48)53-32-16-22(32)10-8-7-9-11-28-34(52-25)41-29-17-24(51-5)12-15-27(29)40-28/h6,12,15,17,22-23,25-26,30,32-33H,1,7-11,13-14,16,18-21H2,2-5H3,(H,42,48)(H,43,47)/p-1/t22-,23-,25-,30+,32-,33-,39-/m1/s1. The highest BCUT2D eigenvalue weighted by Crippen LogP contribution is 2.57. The SMILES string of the molecule is C=C[C@@H]1C[C@]1(CC(=O)[C@@H]1C[C@@H]2CN1C(=O)[C@H](C(C)(C)C)NC(=O)O[C@@H]1C[C@H]1CCCCCc1nc3ccc(OC)cc3nc1O2)C([O-])=NS(=O)(=O)C1CC1. The number of hydrogen-bond acceptors (Lipinski definition) is 11. The van der Waals surface area contributed by atoms with Crippen molar-refractivity contribution in [3.05, 3.63) is 36.5 Å². The van der Waals surface area contributed by atoms with Gasteiger partial charge in [-0.1, -0.05) is 39.7 Å². The first-order valence-corrected chi connectivity index (χ1v) is 20.6. The number of amides is 2. The number of methoxy groups -OCH3 is 1. The minimum atomic E-state index is -3.99. The van der Waals surface area contributed by atoms with Gasteiger partial charge < -0.3 is 29.5 Å². The zero-order valence-corrected chi connectivity index (χ0v) is 32.2. The normalized spacial score (nSPS) is 30.8. The maximum Gasteiger partial charge on any atom is 0.408 e. The van der Waals surface area contributed by atoms with Gasteiger partial charge in [0.15, 0.2) is 5.78 Å². The molecule has 5 aliphatic rings. The molecule has 3 saturated carbocycles. The van der Waals surface area contributed by atoms with Crippen LogP contribution >= 0.6 is 0 Å². The topological polar surface area (TPSA) is 190 Å². The first-order chi connectivity index (χ1) is 25.6. The van der Waals surface area contributed by atoms with Crippen molar-refractivity contribution in [1.29, 1.82) is 0 Å². The smallest absolute Gasteiger partial charge is 0.408 e. The maximum atomic E-state index is 14.6. The Kier molecular flexibility index (Phi) is 10.2. The molecule has 3 aliphatic carbocycles. The molecule has 2 aromatic rings. The van der Waals surface area contributed by atoms with Crippen LogP contribution in [-0.2, 0) is 30.8 Å². The molecule has 2 bridgehead atoms. The number of sulfonamides is 1. The molecule has 15 heteroatoms. The number of alkyl carbamates (subject to hydrolysis) is 1. The van der Waals surface area contributed by atoms with E-state index >= 15 is 0 Å². The van der Waals surface area contributed by atoms with Gasteiger partial charge in [-0.2, -0.15) is 4.40 Å². The van der Waals surface area contributed by atoms with E-state index in [1.165, 1.54) is 4.90 Å². The molecule has 1 aromatic heterocycles. The van der Waals surface area contributed by atoms with Crippen molar-refractivity contribution < 1.29 is 42.1 Å². The summed E-state index contributed by atoms with van der Waals surface area (Å²) in [5.41, 5.74) is -0.214. The molecule has 1 N–H and O–H groups in total. The lowest BCUT2D eigenvalue weighted by molar-refractivity contribution is -0.226. The van der Waals surface area contributed by atoms with Crippen molar-refractivity contribution >= 4 is 44.7 Å². The van der Waals surface area contributed by atoms with Crippen LogP contribution in [0.1, 0.15) is 90.7 Å². The lowest BCUT2D eigenvalue weighted by Gasteiger charge is -2.35. The van der Waals surface area contributed by atoms with Gasteiger partial charge in [-0.3, -0.25) is 9.59 Å². The second kappa shape index (κ2) is 14.4. The molecule has 7 atom stereocenters. The number of carbonyl (C=O) groups is 3. The number of rotatable bonds is 8. The van der Waals surface area contributed by atoms with Crippen molar-refractivity contribution in [3.63, 3.8) is 0 Å². The Morgan fingerprint density at radius 2 is 1.91 bits per heavy atom. The van der Waals surface area contributed by atoms with E-state index < -0.39 is 73.9 Å². The van der Waals surface area contributed by atoms with Crippen LogP contribution in [0, 0.1) is 22.7 Å². The van der Waals surface area contributed by atoms with Crippen LogP contribution < -0.4 is 19.9 Å². The van der Waals surface area contributed by atoms with Crippen LogP contribution in [0.2, 0.25) is 0 Å². The van der Waals surface area contributed by atoms with Crippen molar-refractivity contribution in [2.75, 3.05) is 13.7 Å². The molecule has 7 rings (SSSR count). The highest BCUT2D eigenvalue weighted by atomic mass is 32.2. The lowest BCUT2D eigenvalue weighted by Crippen LogP contribution is -2.57. The van der Waals surface area contributed by atoms with E-state index in [9.17, 15) is 27.9 Å². The van der Waals surface area contributed by atoms with Crippen LogP contribution in [0.15, 0.2) is 35.3 Å². The molecular weight excluding hydrogens is 715 g/mol. The predicted molar refractivity (Wildman–Crippen MR) is 197 cm³/mol. The Hall–Kier alpha value is -4.27. The summed E-state index contributed by atoms with van der Waals surface area (Å²) in [6, 6.07) is 3.33. The summed E-state index contributed by atoms with van der Waals surface area (Å²) in [6.07, 6.45) is 5.84. The fourth-order valence-corrected chi connectivity index (χ4v) is 9.21. The molecule has 1 saturated heterocycles. The quantitative estimate of drug-likeness (QED) is 0.232. The van der Waals surface area contributed by atoms with E-state index in [4.69, 9.17) is 24.2 Å². The van der Waals surface area contributed by atoms with Gasteiger partial charge in [0.1, 0.15) is 29.7 Å². The average molecular weight is 765 g/mol. The molecule has 54 heavy (non-hydrogen) atoms. The van der Waals surface area contributed by atoms with Crippen LogP contribution in [-0.4, -0.2) is 90.2 Å². The fourth-order valence-electron chi connectivity index (χ4n) is 7.92. The predicted octanol–water partition coefficient (Wildman–Crippen LogP) is 4.04. The van der Waals surface area contributed by atoms with E-state index in [1.807, 2.05) is 32.9 Å². The zero-order valence-electron chi connectivity index (χ0n) is 31.4. The number of nitrogens with one attached hydrogen (secondary N) is 1. The van der Waals surface area contributed by atoms with E-state index in [0.29, 0.717) is 47.6 Å². The Morgan fingerprint density at radius 3 is 2.59 bits per heavy atom. The number of carbonyl (C=O) groups excluding carboxylic acids is 3. The highest BCUT2D eigenvalue weighted by molar-refractivity contribution is 7.91. The molecule has 1 aromatic carbocycles. The third kappa shape index (κ3) is 7.92. The monoisotopic (exact) mass is 764 g/mol. The van der Waals surface area contributed by atoms with Gasteiger partial charge in [0.2, 0.25) is 11.8 Å². The summed E-state index contributed by atoms with van der Waals surface area (Å²) in [6.45, 7) is 9.27. The third-order valence-electron chi connectivity index (χ3n) is 11.6. The van der Waals surface area contributed by atoms with E-state index in [-0.39, 0.29) is 37.8 Å². The first kappa shape index (κ1) is 38.0. The molecule has 0 spiro atoms. The Balaban J connectivity index is 1.23. The number of ether oxygens (including phenoxy) is 3. The van der Waals surface area contributed by atoms with Crippen LogP contribution in [0.5, 0.6) is 11.6 Å². The van der Waals surface area contributed by atoms with Gasteiger partial charge in [-0.25, -0.2) is 23.2 Å². The molecule has 0 radical (unpaired) electrons. The number of hydrogen-bond donors (Lipinski definition) is 1. The molecule has 2 amide bonds. The molecule has 292 valence electrons. The minimum Gasteiger partial charge on any atom is -0.861 e. The second-order valence-electron chi connectivity index (χ2n) is 16.8. The Labute approximate surface area is 316 Å². The number of allylic oxidation sites excluding steroid dienone is 1. The molecule has 4 fully saturated rings. The molecule has 3 heterocycles. The lowest BCUT2D eigenvalue weighted by atomic mass is 9.85. The van der Waals surface area contributed by atoms with Gasteiger partial charge in [-0.15, -0.1) is 6.58 Å². The number of ketones is 1. The van der Waals surface area contributed by atoms with E-state index in [2.05, 4.69) is 16.3 Å². The summed E-state index contributed by atoms with van der Waals surface area (Å²) in [4.78, 5) is 53.5. The van der Waals surface area contributed by atoms with Crippen molar-refractivity contribution in [2.24, 2.45) is 27.1 Å². The number of benzene rings is 1. The molecule has 2 aliphatic heterocycles. The summed E-state index contributed by atoms with van der Waals surface area (Å²) >= 11 is 0. The number of aromatic nitrogens is 2. The maximum absolute atomic E-state index is 14.6. The van der Waals surface area contributed by atoms with E-state index in [1.54, 1.807) is 19.3 Å². The summed E-state index contributed by atoms with van der Waals surface area (Å²) < 4.78 is 46.8. The van der Waals surface area contributed by atoms with Crippen molar-refractivity contribution in [3.8, 4) is 11.6 Å². The van der Waals surface area contributed by atoms with Crippen LogP contribution in [0.3, 0.4) is 0 Å². The minimum absolute atomic E-state index is 0.00716. The number of Topliss-reactive ketones (excluding diaryl/α,β-unsaturated/α-hetero) is 1. The summed E-state index contributed by atoms with van der Waals surface area (Å²) in [7, 11) is -2.42.